The first-order chi connectivity index (χ1) is 9.21. The second kappa shape index (κ2) is 5.25. The monoisotopic (exact) mass is 279 g/mol. The quantitative estimate of drug-likeness (QED) is 0.918. The third-order valence-corrected chi connectivity index (χ3v) is 5.29. The van der Waals surface area contributed by atoms with Gasteiger partial charge >= 0.3 is 0 Å². The van der Waals surface area contributed by atoms with Crippen molar-refractivity contribution in [2.24, 2.45) is 0 Å². The van der Waals surface area contributed by atoms with E-state index in [-0.39, 0.29) is 5.54 Å². The summed E-state index contributed by atoms with van der Waals surface area (Å²) >= 11 is 1.93. The fourth-order valence-electron chi connectivity index (χ4n) is 2.71. The summed E-state index contributed by atoms with van der Waals surface area (Å²) in [5.74, 6) is 3.90. The molecular formula is C15H21NO2S. The van der Waals surface area contributed by atoms with Crippen LogP contribution in [0.4, 0.5) is 0 Å². The summed E-state index contributed by atoms with van der Waals surface area (Å²) in [6, 6.07) is 6.33. The smallest absolute Gasteiger partial charge is 0.162 e. The molecule has 2 aliphatic rings. The van der Waals surface area contributed by atoms with E-state index in [0.717, 1.165) is 29.5 Å². The molecule has 3 rings (SSSR count). The van der Waals surface area contributed by atoms with Crippen molar-refractivity contribution in [3.05, 3.63) is 23.8 Å². The Kier molecular flexibility index (Phi) is 3.63. The number of ether oxygens (including phenoxy) is 2. The van der Waals surface area contributed by atoms with Crippen LogP contribution in [-0.2, 0) is 5.54 Å². The van der Waals surface area contributed by atoms with Crippen molar-refractivity contribution in [1.82, 2.24) is 5.32 Å². The topological polar surface area (TPSA) is 30.5 Å². The van der Waals surface area contributed by atoms with Gasteiger partial charge in [-0.3, -0.25) is 0 Å². The van der Waals surface area contributed by atoms with Gasteiger partial charge in [-0.15, -0.1) is 0 Å². The molecule has 0 bridgehead atoms. The molecule has 0 aliphatic carbocycles. The molecule has 4 heteroatoms. The van der Waals surface area contributed by atoms with Gasteiger partial charge in [-0.1, -0.05) is 6.07 Å². The maximum atomic E-state index is 6.04. The Morgan fingerprint density at radius 1 is 1.32 bits per heavy atom. The number of benzene rings is 1. The number of nitrogens with one attached hydrogen (secondary N) is 1. The van der Waals surface area contributed by atoms with Crippen LogP contribution in [0.25, 0.3) is 0 Å². The zero-order valence-corrected chi connectivity index (χ0v) is 12.4. The first-order valence-corrected chi connectivity index (χ1v) is 8.05. The first-order valence-electron chi connectivity index (χ1n) is 6.89. The molecule has 0 spiro atoms. The highest BCUT2D eigenvalue weighted by Crippen LogP contribution is 2.37. The highest BCUT2D eigenvalue weighted by Gasteiger charge is 2.31. The minimum absolute atomic E-state index is 0.0821. The van der Waals surface area contributed by atoms with Crippen molar-refractivity contribution in [1.29, 1.82) is 0 Å². The molecule has 2 aliphatic heterocycles. The van der Waals surface area contributed by atoms with Crippen LogP contribution in [0.5, 0.6) is 11.5 Å². The zero-order valence-electron chi connectivity index (χ0n) is 11.6. The Bertz CT molecular complexity index is 453. The number of methoxy groups -OCH3 is 1. The van der Waals surface area contributed by atoms with Gasteiger partial charge in [0.05, 0.1) is 7.11 Å². The summed E-state index contributed by atoms with van der Waals surface area (Å²) in [6.45, 7) is 3.36. The molecule has 1 aromatic rings. The lowest BCUT2D eigenvalue weighted by Crippen LogP contribution is -2.34. The number of rotatable bonds is 4. The van der Waals surface area contributed by atoms with Gasteiger partial charge in [0.2, 0.25) is 0 Å². The van der Waals surface area contributed by atoms with E-state index < -0.39 is 0 Å². The van der Waals surface area contributed by atoms with Crippen molar-refractivity contribution in [3.8, 4) is 11.5 Å². The van der Waals surface area contributed by atoms with Crippen molar-refractivity contribution >= 4 is 11.8 Å². The molecule has 1 N–H and O–H groups in total. The SMILES string of the molecule is COc1ccc(C2(C)CCCN2)cc1OC1CSC1. The van der Waals surface area contributed by atoms with Crippen LogP contribution >= 0.6 is 11.8 Å². The minimum atomic E-state index is 0.0821. The van der Waals surface area contributed by atoms with Crippen molar-refractivity contribution in [3.63, 3.8) is 0 Å². The van der Waals surface area contributed by atoms with Crippen molar-refractivity contribution in [2.75, 3.05) is 25.2 Å². The molecule has 0 radical (unpaired) electrons. The van der Waals surface area contributed by atoms with Gasteiger partial charge in [0.25, 0.3) is 0 Å². The Morgan fingerprint density at radius 3 is 2.74 bits per heavy atom. The van der Waals surface area contributed by atoms with E-state index in [2.05, 4.69) is 24.4 Å². The van der Waals surface area contributed by atoms with Crippen LogP contribution in [0.15, 0.2) is 18.2 Å². The summed E-state index contributed by atoms with van der Waals surface area (Å²) in [6.07, 6.45) is 2.76. The highest BCUT2D eigenvalue weighted by atomic mass is 32.2. The van der Waals surface area contributed by atoms with Gasteiger partial charge in [0.15, 0.2) is 11.5 Å². The van der Waals surface area contributed by atoms with E-state index in [4.69, 9.17) is 9.47 Å². The normalized spacial score (nSPS) is 27.1. The molecule has 2 heterocycles. The Labute approximate surface area is 119 Å². The first kappa shape index (κ1) is 13.1. The summed E-state index contributed by atoms with van der Waals surface area (Å²) in [5, 5.41) is 3.59. The molecular weight excluding hydrogens is 258 g/mol. The van der Waals surface area contributed by atoms with Gasteiger partial charge in [0.1, 0.15) is 6.10 Å². The molecule has 0 amide bonds. The van der Waals surface area contributed by atoms with Gasteiger partial charge in [-0.25, -0.2) is 0 Å². The Hall–Kier alpha value is -0.870. The zero-order chi connectivity index (χ0) is 13.3. The summed E-state index contributed by atoms with van der Waals surface area (Å²) in [5.41, 5.74) is 1.38. The Balaban J connectivity index is 1.87. The molecule has 2 saturated heterocycles. The molecule has 0 saturated carbocycles. The van der Waals surface area contributed by atoms with Crippen molar-refractivity contribution < 1.29 is 9.47 Å². The van der Waals surface area contributed by atoms with Gasteiger partial charge in [-0.2, -0.15) is 11.8 Å². The second-order valence-electron chi connectivity index (χ2n) is 5.51. The average Bonchev–Trinajstić information content (AvgIpc) is 2.82. The maximum absolute atomic E-state index is 6.04. The van der Waals surface area contributed by atoms with E-state index in [0.29, 0.717) is 6.10 Å². The van der Waals surface area contributed by atoms with Crippen LogP contribution in [0, 0.1) is 0 Å². The third-order valence-electron chi connectivity index (χ3n) is 4.07. The molecule has 1 atom stereocenters. The number of hydrogen-bond acceptors (Lipinski definition) is 4. The third kappa shape index (κ3) is 2.56. The Morgan fingerprint density at radius 2 is 2.16 bits per heavy atom. The van der Waals surface area contributed by atoms with Crippen LogP contribution in [0.2, 0.25) is 0 Å². The molecule has 104 valence electrons. The van der Waals surface area contributed by atoms with Crippen LogP contribution in [0.3, 0.4) is 0 Å². The van der Waals surface area contributed by atoms with Gasteiger partial charge in [0, 0.05) is 17.0 Å². The summed E-state index contributed by atoms with van der Waals surface area (Å²) < 4.78 is 11.5. The standard InChI is InChI=1S/C15H21NO2S/c1-15(6-3-7-16-15)11-4-5-13(17-2)14(8-11)18-12-9-19-10-12/h4-5,8,12,16H,3,6-7,9-10H2,1-2H3. The molecule has 1 aromatic carbocycles. The average molecular weight is 279 g/mol. The fraction of sp³-hybridized carbons (Fsp3) is 0.600. The highest BCUT2D eigenvalue weighted by molar-refractivity contribution is 8.00. The number of thioether (sulfide) groups is 1. The summed E-state index contributed by atoms with van der Waals surface area (Å²) in [7, 11) is 1.70. The van der Waals surface area contributed by atoms with E-state index >= 15 is 0 Å². The molecule has 1 unspecified atom stereocenters. The van der Waals surface area contributed by atoms with Crippen molar-refractivity contribution in [2.45, 2.75) is 31.4 Å². The molecule has 19 heavy (non-hydrogen) atoms. The second-order valence-corrected chi connectivity index (χ2v) is 6.58. The number of hydrogen-bond donors (Lipinski definition) is 1. The molecule has 2 fully saturated rings. The largest absolute Gasteiger partial charge is 0.493 e. The predicted octanol–water partition coefficient (Wildman–Crippen LogP) is 2.79. The predicted molar refractivity (Wildman–Crippen MR) is 79.3 cm³/mol. The van der Waals surface area contributed by atoms with Crippen LogP contribution < -0.4 is 14.8 Å². The van der Waals surface area contributed by atoms with E-state index in [1.54, 1.807) is 7.11 Å². The minimum Gasteiger partial charge on any atom is -0.493 e. The molecule has 0 aromatic heterocycles. The van der Waals surface area contributed by atoms with Crippen LogP contribution in [0.1, 0.15) is 25.3 Å². The fourth-order valence-corrected chi connectivity index (χ4v) is 3.28. The lowest BCUT2D eigenvalue weighted by atomic mass is 9.90. The summed E-state index contributed by atoms with van der Waals surface area (Å²) in [4.78, 5) is 0. The van der Waals surface area contributed by atoms with Gasteiger partial charge < -0.3 is 14.8 Å². The van der Waals surface area contributed by atoms with Gasteiger partial charge in [-0.05, 0) is 44.0 Å². The molecule has 3 nitrogen and oxygen atoms in total. The lowest BCUT2D eigenvalue weighted by molar-refractivity contribution is 0.227. The van der Waals surface area contributed by atoms with E-state index in [9.17, 15) is 0 Å². The van der Waals surface area contributed by atoms with E-state index in [1.807, 2.05) is 17.8 Å². The maximum Gasteiger partial charge on any atom is 0.162 e. The van der Waals surface area contributed by atoms with E-state index in [1.165, 1.54) is 18.4 Å². The lowest BCUT2D eigenvalue weighted by Gasteiger charge is -2.29. The van der Waals surface area contributed by atoms with Crippen LogP contribution in [-0.4, -0.2) is 31.3 Å².